The van der Waals surface area contributed by atoms with Crippen molar-refractivity contribution in [2.75, 3.05) is 68.8 Å². The zero-order chi connectivity index (χ0) is 55.9. The minimum Gasteiger partial charge on any atom is -0.491 e. The number of Topliss-reactive ketones (excluding diaryl/α,β-unsaturated/α-hetero) is 3. The molecule has 17 nitrogen and oxygen atoms in total. The molecule has 5 aromatic carbocycles. The van der Waals surface area contributed by atoms with E-state index >= 15 is 0 Å². The summed E-state index contributed by atoms with van der Waals surface area (Å²) in [7, 11) is -1.73. The number of nitrogens with two attached hydrogens (primary N) is 3. The molecule has 0 saturated heterocycles. The molecule has 0 spiro atoms. The van der Waals surface area contributed by atoms with Crippen LogP contribution in [0.4, 0.5) is 28.4 Å². The maximum absolute atomic E-state index is 12.3. The molecular formula is C59H73N5O12Si. The van der Waals surface area contributed by atoms with E-state index in [9.17, 15) is 19.2 Å². The molecule has 5 aromatic rings. The number of rotatable bonds is 13. The molecule has 4 heterocycles. The highest BCUT2D eigenvalue weighted by atomic mass is 28.4. The van der Waals surface area contributed by atoms with E-state index in [2.05, 4.69) is 44.0 Å². The largest absolute Gasteiger partial charge is 0.491 e. The Bertz CT molecular complexity index is 2820. The molecule has 1 amide bonds. The quantitative estimate of drug-likeness (QED) is 0.0488. The maximum atomic E-state index is 12.3. The molecule has 0 fully saturated rings. The van der Waals surface area contributed by atoms with Gasteiger partial charge in [0.05, 0.1) is 31.0 Å². The van der Waals surface area contributed by atoms with Crippen molar-refractivity contribution in [3.63, 3.8) is 0 Å². The second kappa shape index (κ2) is 27.2. The molecule has 410 valence electrons. The average molecular weight is 1070 g/mol. The van der Waals surface area contributed by atoms with Crippen molar-refractivity contribution in [3.05, 3.63) is 136 Å². The molecule has 4 aliphatic heterocycles. The van der Waals surface area contributed by atoms with Gasteiger partial charge in [0.15, 0.2) is 31.4 Å². The van der Waals surface area contributed by atoms with Gasteiger partial charge in [0, 0.05) is 78.3 Å². The van der Waals surface area contributed by atoms with Crippen LogP contribution in [-0.2, 0) is 58.7 Å². The van der Waals surface area contributed by atoms with Crippen LogP contribution in [0.2, 0.25) is 18.1 Å². The van der Waals surface area contributed by atoms with E-state index in [1.54, 1.807) is 36.4 Å². The number of amides is 1. The predicted octanol–water partition coefficient (Wildman–Crippen LogP) is 9.35. The zero-order valence-electron chi connectivity index (χ0n) is 45.4. The number of nitrogen functional groups attached to an aromatic ring is 3. The average Bonchev–Trinajstić information content (AvgIpc) is 3.39. The summed E-state index contributed by atoms with van der Waals surface area (Å²) in [6, 6.07) is 29.0. The summed E-state index contributed by atoms with van der Waals surface area (Å²) < 4.78 is 45.3. The molecular weight excluding hydrogens is 999 g/mol. The van der Waals surface area contributed by atoms with Crippen molar-refractivity contribution < 1.29 is 56.8 Å². The lowest BCUT2D eigenvalue weighted by atomic mass is 10.0. The summed E-state index contributed by atoms with van der Waals surface area (Å²) in [5.41, 5.74) is 25.2. The molecule has 0 bridgehead atoms. The monoisotopic (exact) mass is 1070 g/mol. The lowest BCUT2D eigenvalue weighted by Crippen LogP contribution is -2.46. The van der Waals surface area contributed by atoms with Crippen molar-refractivity contribution >= 4 is 60.0 Å². The van der Waals surface area contributed by atoms with E-state index in [-0.39, 0.29) is 72.5 Å². The first-order valence-corrected chi connectivity index (χ1v) is 28.5. The number of benzene rings is 5. The number of ketones is 3. The number of hydrogen-bond acceptors (Lipinski definition) is 15. The van der Waals surface area contributed by atoms with Gasteiger partial charge in [-0.3, -0.25) is 19.2 Å². The Kier molecular flexibility index (Phi) is 20.8. The fourth-order valence-electron chi connectivity index (χ4n) is 8.09. The van der Waals surface area contributed by atoms with Crippen molar-refractivity contribution in [3.8, 4) is 23.0 Å². The Morgan fingerprint density at radius 1 is 0.558 bits per heavy atom. The minimum atomic E-state index is -1.73. The van der Waals surface area contributed by atoms with Crippen molar-refractivity contribution in [2.45, 2.75) is 110 Å². The number of ether oxygens (including phenoxy) is 7. The number of nitrogens with one attached hydrogen (secondary N) is 1. The Labute approximate surface area is 452 Å². The summed E-state index contributed by atoms with van der Waals surface area (Å²) >= 11 is 0. The molecule has 4 atom stereocenters. The third-order valence-corrected chi connectivity index (χ3v) is 17.7. The van der Waals surface area contributed by atoms with Gasteiger partial charge in [-0.05, 0) is 85.4 Å². The van der Waals surface area contributed by atoms with E-state index in [0.717, 1.165) is 58.9 Å². The van der Waals surface area contributed by atoms with Crippen LogP contribution in [0.5, 0.6) is 23.0 Å². The fourth-order valence-corrected chi connectivity index (χ4v) is 9.43. The van der Waals surface area contributed by atoms with Crippen LogP contribution < -0.4 is 41.5 Å². The molecule has 7 N–H and O–H groups in total. The second-order valence-electron chi connectivity index (χ2n) is 21.0. The lowest BCUT2D eigenvalue weighted by Gasteiger charge is -2.40. The molecule has 0 saturated carbocycles. The Morgan fingerprint density at radius 2 is 0.909 bits per heavy atom. The summed E-state index contributed by atoms with van der Waals surface area (Å²) in [5, 5.41) is 3.06. The third-order valence-electron chi connectivity index (χ3n) is 13.2. The molecule has 77 heavy (non-hydrogen) atoms. The number of carbonyl (C=O) groups excluding carboxylic acids is 4. The highest BCUT2D eigenvalue weighted by Gasteiger charge is 2.40. The van der Waals surface area contributed by atoms with E-state index in [0.29, 0.717) is 66.9 Å². The van der Waals surface area contributed by atoms with Crippen LogP contribution in [0.15, 0.2) is 97.1 Å². The number of fused-ring (bicyclic) bond motifs is 4. The maximum Gasteiger partial charge on any atom is 0.255 e. The lowest BCUT2D eigenvalue weighted by molar-refractivity contribution is -0.125. The Hall–Kier alpha value is -7.27. The van der Waals surface area contributed by atoms with Crippen LogP contribution >= 0.6 is 0 Å². The van der Waals surface area contributed by atoms with Gasteiger partial charge in [-0.1, -0.05) is 69.3 Å². The molecule has 0 aliphatic carbocycles. The van der Waals surface area contributed by atoms with Crippen LogP contribution in [-0.4, -0.2) is 102 Å². The first-order valence-electron chi connectivity index (χ1n) is 25.6. The summed E-state index contributed by atoms with van der Waals surface area (Å²) in [4.78, 5) is 48.2. The SMILES string of the molecule is CC(=O)COC1COc2cc(N)ccc2C1.CC(=O)COC1COc2cc(N)ccc2C1.CC(C)(C)[Si](C)(C)OC1COc2cc(N)ccc2C1.[C-]#[N+]c1ccc(C(=O)Nc2ccc3c(c2)OCC(OCC(C)=O)C3)cc1. The molecule has 0 aromatic heterocycles. The Morgan fingerprint density at radius 3 is 1.27 bits per heavy atom. The predicted molar refractivity (Wildman–Crippen MR) is 300 cm³/mol. The van der Waals surface area contributed by atoms with Gasteiger partial charge in [0.2, 0.25) is 0 Å². The van der Waals surface area contributed by atoms with Gasteiger partial charge in [-0.15, -0.1) is 0 Å². The molecule has 0 radical (unpaired) electrons. The van der Waals surface area contributed by atoms with Crippen LogP contribution in [0.1, 0.15) is 74.2 Å². The zero-order valence-corrected chi connectivity index (χ0v) is 46.4. The van der Waals surface area contributed by atoms with Crippen LogP contribution in [0.25, 0.3) is 4.85 Å². The van der Waals surface area contributed by atoms with Crippen molar-refractivity contribution in [2.24, 2.45) is 0 Å². The van der Waals surface area contributed by atoms with E-state index in [4.69, 9.17) is 61.4 Å². The summed E-state index contributed by atoms with van der Waals surface area (Å²) in [5.74, 6) is 3.05. The van der Waals surface area contributed by atoms with Gasteiger partial charge in [0.25, 0.3) is 5.91 Å². The number of hydrogen-bond donors (Lipinski definition) is 4. The Balaban J connectivity index is 0.000000170. The van der Waals surface area contributed by atoms with Gasteiger partial charge in [-0.25, -0.2) is 4.85 Å². The van der Waals surface area contributed by atoms with Gasteiger partial charge in [-0.2, -0.15) is 0 Å². The summed E-state index contributed by atoms with van der Waals surface area (Å²) in [6.45, 7) is 25.1. The standard InChI is InChI=1S/C20H18N2O4.C15H25NO2Si.2C12H15NO3/c1-13(23)11-25-18-9-15-5-8-17(10-19(15)26-12-18)22-20(24)14-3-6-16(21-2)7-4-14;1-15(2,3)19(4,5)18-13-8-11-6-7-12(16)9-14(11)17-10-13;2*1-8(14)6-15-11-4-9-2-3-10(13)5-12(9)16-7-11/h3-8,10,18H,9,11-12H2,1H3,(H,22,24);6-7,9,13H,8,10,16H2,1-5H3;2*2-3,5,11H,4,6-7,13H2,1H3. The first kappa shape index (κ1) is 59.0. The second-order valence-corrected chi connectivity index (χ2v) is 25.8. The molecule has 9 rings (SSSR count). The number of carbonyl (C=O) groups is 4. The highest BCUT2D eigenvalue weighted by molar-refractivity contribution is 6.74. The number of nitrogens with zero attached hydrogens (tertiary/aromatic N) is 1. The highest BCUT2D eigenvalue weighted by Crippen LogP contribution is 2.39. The van der Waals surface area contributed by atoms with Gasteiger partial charge < -0.3 is 60.1 Å². The first-order chi connectivity index (χ1) is 36.5. The van der Waals surface area contributed by atoms with E-state index < -0.39 is 8.32 Å². The third kappa shape index (κ3) is 18.2. The molecule has 4 aliphatic rings. The van der Waals surface area contributed by atoms with E-state index in [1.807, 2.05) is 60.7 Å². The van der Waals surface area contributed by atoms with Crippen molar-refractivity contribution in [1.29, 1.82) is 0 Å². The minimum absolute atomic E-state index is 0.0155. The smallest absolute Gasteiger partial charge is 0.255 e. The van der Waals surface area contributed by atoms with Crippen LogP contribution in [0, 0.1) is 6.57 Å². The van der Waals surface area contributed by atoms with Crippen LogP contribution in [0.3, 0.4) is 0 Å². The molecule has 18 heteroatoms. The number of anilines is 4. The fraction of sp³-hybridized carbons (Fsp3) is 0.407. The topological polar surface area (TPSA) is 237 Å². The normalized spacial score (nSPS) is 17.8. The van der Waals surface area contributed by atoms with Gasteiger partial charge in [0.1, 0.15) is 69.2 Å². The molecule has 4 unspecified atom stereocenters. The van der Waals surface area contributed by atoms with Gasteiger partial charge >= 0.3 is 0 Å². The van der Waals surface area contributed by atoms with Crippen molar-refractivity contribution in [1.82, 2.24) is 0 Å². The van der Waals surface area contributed by atoms with E-state index in [1.165, 1.54) is 26.3 Å². The summed E-state index contributed by atoms with van der Waals surface area (Å²) in [6.07, 6.45) is 3.05.